The standard InChI is InChI=1S/C26H31N7O2/c1-2-22(34)32-14-19-11-21(12-20(19)15-32)33-26-23(25(27)28-16-29-26)24(30-33)18-5-3-17(4-6-18)13-31-7-9-35-10-8-31/h2-6,16,19-21H,1,7-15H2,(H2,27,28,29). The fourth-order valence-electron chi connectivity index (χ4n) is 6.01. The maximum atomic E-state index is 12.1. The van der Waals surface area contributed by atoms with Crippen molar-refractivity contribution in [3.05, 3.63) is 48.8 Å². The maximum absolute atomic E-state index is 12.1. The third-order valence-corrected chi connectivity index (χ3v) is 7.81. The Kier molecular flexibility index (Phi) is 5.74. The minimum atomic E-state index is 0.0281. The molecule has 0 radical (unpaired) electrons. The molecule has 0 spiro atoms. The molecule has 2 unspecified atom stereocenters. The highest BCUT2D eigenvalue weighted by Crippen LogP contribution is 2.45. The number of anilines is 1. The molecule has 3 fully saturated rings. The van der Waals surface area contributed by atoms with Crippen molar-refractivity contribution in [1.29, 1.82) is 0 Å². The first kappa shape index (κ1) is 22.2. The minimum absolute atomic E-state index is 0.0281. The van der Waals surface area contributed by atoms with Crippen LogP contribution in [-0.2, 0) is 16.1 Å². The SMILES string of the molecule is C=CC(=O)N1CC2CC(n3nc(-c4ccc(CN5CCOCC5)cc4)c4c(N)ncnc43)CC2C1. The van der Waals surface area contributed by atoms with Gasteiger partial charge in [0, 0.05) is 38.3 Å². The summed E-state index contributed by atoms with van der Waals surface area (Å²) in [5.41, 5.74) is 10.2. The number of amides is 1. The van der Waals surface area contributed by atoms with Gasteiger partial charge in [-0.3, -0.25) is 9.69 Å². The second-order valence-electron chi connectivity index (χ2n) is 9.93. The monoisotopic (exact) mass is 473 g/mol. The first-order valence-electron chi connectivity index (χ1n) is 12.4. The van der Waals surface area contributed by atoms with Crippen LogP contribution in [-0.4, -0.2) is 74.8 Å². The fourth-order valence-corrected chi connectivity index (χ4v) is 6.01. The molecule has 3 aromatic rings. The third-order valence-electron chi connectivity index (χ3n) is 7.81. The van der Waals surface area contributed by atoms with Crippen molar-refractivity contribution in [2.24, 2.45) is 11.8 Å². The number of nitrogen functional groups attached to an aromatic ring is 1. The van der Waals surface area contributed by atoms with Crippen LogP contribution in [0.3, 0.4) is 0 Å². The van der Waals surface area contributed by atoms with E-state index in [1.165, 1.54) is 18.0 Å². The first-order valence-corrected chi connectivity index (χ1v) is 12.4. The van der Waals surface area contributed by atoms with Crippen molar-refractivity contribution < 1.29 is 9.53 Å². The van der Waals surface area contributed by atoms with Crippen molar-refractivity contribution in [3.63, 3.8) is 0 Å². The Hall–Kier alpha value is -3.30. The molecule has 4 heterocycles. The molecule has 2 saturated heterocycles. The summed E-state index contributed by atoms with van der Waals surface area (Å²) in [5, 5.41) is 5.87. The predicted molar refractivity (Wildman–Crippen MR) is 133 cm³/mol. The Morgan fingerprint density at radius 1 is 1.11 bits per heavy atom. The molecule has 35 heavy (non-hydrogen) atoms. The molecule has 1 aliphatic carbocycles. The zero-order valence-corrected chi connectivity index (χ0v) is 19.8. The van der Waals surface area contributed by atoms with E-state index < -0.39 is 0 Å². The highest BCUT2D eigenvalue weighted by molar-refractivity contribution is 5.98. The number of ether oxygens (including phenoxy) is 1. The Morgan fingerprint density at radius 3 is 2.51 bits per heavy atom. The number of benzene rings is 1. The van der Waals surface area contributed by atoms with Gasteiger partial charge in [-0.25, -0.2) is 14.6 Å². The highest BCUT2D eigenvalue weighted by atomic mass is 16.5. The van der Waals surface area contributed by atoms with E-state index >= 15 is 0 Å². The summed E-state index contributed by atoms with van der Waals surface area (Å²) >= 11 is 0. The van der Waals surface area contributed by atoms with Crippen LogP contribution in [0.4, 0.5) is 5.82 Å². The van der Waals surface area contributed by atoms with Gasteiger partial charge in [0.25, 0.3) is 0 Å². The normalized spacial score (nSPS) is 24.7. The smallest absolute Gasteiger partial charge is 0.245 e. The molecule has 2 aromatic heterocycles. The number of carbonyl (C=O) groups is 1. The zero-order valence-electron chi connectivity index (χ0n) is 19.8. The number of nitrogens with zero attached hydrogens (tertiary/aromatic N) is 6. The number of rotatable bonds is 5. The summed E-state index contributed by atoms with van der Waals surface area (Å²) in [4.78, 5) is 25.2. The molecule has 0 bridgehead atoms. The molecule has 1 saturated carbocycles. The Labute approximate surface area is 204 Å². The molecule has 9 heteroatoms. The summed E-state index contributed by atoms with van der Waals surface area (Å²) < 4.78 is 7.52. The van der Waals surface area contributed by atoms with E-state index in [4.69, 9.17) is 15.6 Å². The number of nitrogens with two attached hydrogens (primary N) is 1. The van der Waals surface area contributed by atoms with Crippen LogP contribution >= 0.6 is 0 Å². The molecule has 6 rings (SSSR count). The molecule has 9 nitrogen and oxygen atoms in total. The van der Waals surface area contributed by atoms with E-state index in [0.29, 0.717) is 17.7 Å². The molecule has 2 N–H and O–H groups in total. The van der Waals surface area contributed by atoms with E-state index in [9.17, 15) is 4.79 Å². The minimum Gasteiger partial charge on any atom is -0.383 e. The summed E-state index contributed by atoms with van der Waals surface area (Å²) in [6.45, 7) is 9.66. The predicted octanol–water partition coefficient (Wildman–Crippen LogP) is 2.50. The third kappa shape index (κ3) is 4.08. The van der Waals surface area contributed by atoms with E-state index in [1.807, 2.05) is 4.90 Å². The molecule has 1 aromatic carbocycles. The van der Waals surface area contributed by atoms with Crippen LogP contribution in [0.2, 0.25) is 0 Å². The van der Waals surface area contributed by atoms with Crippen molar-refractivity contribution in [2.75, 3.05) is 45.1 Å². The van der Waals surface area contributed by atoms with E-state index in [0.717, 1.165) is 81.1 Å². The van der Waals surface area contributed by atoms with Gasteiger partial charge >= 0.3 is 0 Å². The zero-order chi connectivity index (χ0) is 23.9. The lowest BCUT2D eigenvalue weighted by molar-refractivity contribution is -0.125. The Morgan fingerprint density at radius 2 is 1.83 bits per heavy atom. The topological polar surface area (TPSA) is 102 Å². The molecular weight excluding hydrogens is 442 g/mol. The van der Waals surface area contributed by atoms with Crippen LogP contribution in [0.15, 0.2) is 43.2 Å². The van der Waals surface area contributed by atoms with Crippen LogP contribution in [0.5, 0.6) is 0 Å². The van der Waals surface area contributed by atoms with Crippen molar-refractivity contribution in [2.45, 2.75) is 25.4 Å². The van der Waals surface area contributed by atoms with E-state index in [-0.39, 0.29) is 11.9 Å². The van der Waals surface area contributed by atoms with Gasteiger partial charge in [-0.05, 0) is 36.3 Å². The second kappa shape index (κ2) is 9.05. The largest absolute Gasteiger partial charge is 0.383 e. The second-order valence-corrected chi connectivity index (χ2v) is 9.93. The van der Waals surface area contributed by atoms with E-state index in [1.54, 1.807) is 0 Å². The number of hydrogen-bond donors (Lipinski definition) is 1. The molecule has 2 aliphatic heterocycles. The van der Waals surface area contributed by atoms with Crippen LogP contribution < -0.4 is 5.73 Å². The number of likely N-dealkylation sites (tertiary alicyclic amines) is 1. The lowest BCUT2D eigenvalue weighted by atomic mass is 10.0. The van der Waals surface area contributed by atoms with Crippen LogP contribution in [0.25, 0.3) is 22.3 Å². The van der Waals surface area contributed by atoms with Crippen LogP contribution in [0, 0.1) is 11.8 Å². The van der Waals surface area contributed by atoms with Gasteiger partial charge in [-0.2, -0.15) is 5.10 Å². The lowest BCUT2D eigenvalue weighted by Crippen LogP contribution is -2.35. The number of hydrogen-bond acceptors (Lipinski definition) is 7. The average Bonchev–Trinajstić information content (AvgIpc) is 3.57. The summed E-state index contributed by atoms with van der Waals surface area (Å²) in [6, 6.07) is 8.81. The fraction of sp³-hybridized carbons (Fsp3) is 0.462. The Balaban J connectivity index is 1.27. The molecule has 2 atom stereocenters. The van der Waals surface area contributed by atoms with Crippen molar-refractivity contribution >= 4 is 22.8 Å². The van der Waals surface area contributed by atoms with Gasteiger partial charge in [-0.1, -0.05) is 30.8 Å². The van der Waals surface area contributed by atoms with Gasteiger partial charge in [0.1, 0.15) is 17.8 Å². The molecule has 3 aliphatic rings. The van der Waals surface area contributed by atoms with E-state index in [2.05, 4.69) is 50.4 Å². The quantitative estimate of drug-likeness (QED) is 0.568. The van der Waals surface area contributed by atoms with Crippen molar-refractivity contribution in [1.82, 2.24) is 29.5 Å². The van der Waals surface area contributed by atoms with Crippen molar-refractivity contribution in [3.8, 4) is 11.3 Å². The average molecular weight is 474 g/mol. The first-order chi connectivity index (χ1) is 17.1. The number of aromatic nitrogens is 4. The summed E-state index contributed by atoms with van der Waals surface area (Å²) in [6.07, 6.45) is 4.89. The number of carbonyl (C=O) groups excluding carboxylic acids is 1. The summed E-state index contributed by atoms with van der Waals surface area (Å²) in [5.74, 6) is 1.44. The molecule has 1 amide bonds. The number of fused-ring (bicyclic) bond motifs is 2. The lowest BCUT2D eigenvalue weighted by Gasteiger charge is -2.26. The van der Waals surface area contributed by atoms with Gasteiger partial charge in [0.15, 0.2) is 5.65 Å². The Bertz CT molecular complexity index is 1230. The van der Waals surface area contributed by atoms with Gasteiger partial charge in [0.2, 0.25) is 5.91 Å². The van der Waals surface area contributed by atoms with Gasteiger partial charge < -0.3 is 15.4 Å². The molecular formula is C26H31N7O2. The van der Waals surface area contributed by atoms with Gasteiger partial charge in [0.05, 0.1) is 24.6 Å². The number of morpholine rings is 1. The van der Waals surface area contributed by atoms with Gasteiger partial charge in [-0.15, -0.1) is 0 Å². The maximum Gasteiger partial charge on any atom is 0.245 e. The highest BCUT2D eigenvalue weighted by Gasteiger charge is 2.43. The molecule has 182 valence electrons. The van der Waals surface area contributed by atoms with Crippen LogP contribution in [0.1, 0.15) is 24.4 Å². The summed E-state index contributed by atoms with van der Waals surface area (Å²) in [7, 11) is 0.